The highest BCUT2D eigenvalue weighted by Gasteiger charge is 2.41. The maximum Gasteiger partial charge on any atom is 0.253 e. The van der Waals surface area contributed by atoms with E-state index >= 15 is 0 Å². The van der Waals surface area contributed by atoms with E-state index in [4.69, 9.17) is 0 Å². The molecule has 1 aliphatic rings. The van der Waals surface area contributed by atoms with Gasteiger partial charge in [-0.15, -0.1) is 0 Å². The Kier molecular flexibility index (Phi) is 4.81. The van der Waals surface area contributed by atoms with Gasteiger partial charge in [-0.3, -0.25) is 9.59 Å². The molecule has 5 nitrogen and oxygen atoms in total. The molecule has 1 saturated carbocycles. The normalized spacial score (nSPS) is 15.9. The number of rotatable bonds is 4. The number of hydrogen-bond donors (Lipinski definition) is 1. The van der Waals surface area contributed by atoms with E-state index in [2.05, 4.69) is 11.4 Å². The molecule has 1 aromatic carbocycles. The van der Waals surface area contributed by atoms with Gasteiger partial charge in [0.25, 0.3) is 5.91 Å². The minimum atomic E-state index is -0.846. The number of benzene rings is 1. The lowest BCUT2D eigenvalue weighted by Crippen LogP contribution is -2.37. The van der Waals surface area contributed by atoms with Crippen molar-refractivity contribution < 1.29 is 9.59 Å². The van der Waals surface area contributed by atoms with Gasteiger partial charge in [-0.1, -0.05) is 25.0 Å². The molecule has 1 N–H and O–H groups in total. The number of nitrogens with zero attached hydrogens (tertiary/aromatic N) is 2. The van der Waals surface area contributed by atoms with Gasteiger partial charge in [0.05, 0.1) is 6.07 Å². The average molecular weight is 299 g/mol. The summed E-state index contributed by atoms with van der Waals surface area (Å²) >= 11 is 0. The van der Waals surface area contributed by atoms with Crippen molar-refractivity contribution in [2.24, 2.45) is 5.41 Å². The highest BCUT2D eigenvalue weighted by atomic mass is 16.2. The predicted octanol–water partition coefficient (Wildman–Crippen LogP) is 2.09. The Morgan fingerprint density at radius 3 is 2.32 bits per heavy atom. The first-order valence-electron chi connectivity index (χ1n) is 7.49. The van der Waals surface area contributed by atoms with Crippen molar-refractivity contribution in [3.8, 4) is 6.07 Å². The van der Waals surface area contributed by atoms with Crippen molar-refractivity contribution in [2.45, 2.75) is 32.2 Å². The second-order valence-corrected chi connectivity index (χ2v) is 5.98. The third-order valence-corrected chi connectivity index (χ3v) is 4.17. The van der Waals surface area contributed by atoms with Crippen LogP contribution in [0.1, 0.15) is 41.6 Å². The largest absolute Gasteiger partial charge is 0.351 e. The maximum atomic E-state index is 12.2. The van der Waals surface area contributed by atoms with Crippen LogP contribution in [-0.2, 0) is 11.3 Å². The van der Waals surface area contributed by atoms with E-state index in [1.54, 1.807) is 26.2 Å². The minimum Gasteiger partial charge on any atom is -0.351 e. The molecular weight excluding hydrogens is 278 g/mol. The Morgan fingerprint density at radius 2 is 1.82 bits per heavy atom. The topological polar surface area (TPSA) is 73.2 Å². The average Bonchev–Trinajstić information content (AvgIpc) is 3.02. The van der Waals surface area contributed by atoms with Crippen LogP contribution in [0, 0.1) is 16.7 Å². The van der Waals surface area contributed by atoms with Gasteiger partial charge >= 0.3 is 0 Å². The Hall–Kier alpha value is -2.35. The molecule has 0 aromatic heterocycles. The molecule has 0 bridgehead atoms. The smallest absolute Gasteiger partial charge is 0.253 e. The summed E-state index contributed by atoms with van der Waals surface area (Å²) in [5, 5.41) is 12.1. The van der Waals surface area contributed by atoms with E-state index in [1.807, 2.05) is 12.1 Å². The summed E-state index contributed by atoms with van der Waals surface area (Å²) in [4.78, 5) is 25.6. The number of nitrogens with one attached hydrogen (secondary N) is 1. The summed E-state index contributed by atoms with van der Waals surface area (Å²) in [7, 11) is 3.42. The Morgan fingerprint density at radius 1 is 1.23 bits per heavy atom. The van der Waals surface area contributed by atoms with Crippen molar-refractivity contribution in [1.82, 2.24) is 10.2 Å². The van der Waals surface area contributed by atoms with E-state index in [9.17, 15) is 14.9 Å². The lowest BCUT2D eigenvalue weighted by atomic mass is 9.87. The molecule has 0 radical (unpaired) electrons. The fourth-order valence-corrected chi connectivity index (χ4v) is 2.74. The van der Waals surface area contributed by atoms with Crippen molar-refractivity contribution in [3.63, 3.8) is 0 Å². The lowest BCUT2D eigenvalue weighted by molar-refractivity contribution is -0.128. The minimum absolute atomic E-state index is 0.0509. The molecule has 0 heterocycles. The highest BCUT2D eigenvalue weighted by Crippen LogP contribution is 2.37. The Balaban J connectivity index is 1.96. The van der Waals surface area contributed by atoms with Crippen LogP contribution in [-0.4, -0.2) is 30.8 Å². The van der Waals surface area contributed by atoms with Crippen molar-refractivity contribution in [2.75, 3.05) is 14.1 Å². The third-order valence-electron chi connectivity index (χ3n) is 4.17. The summed E-state index contributed by atoms with van der Waals surface area (Å²) in [6.45, 7) is 0.374. The summed E-state index contributed by atoms with van der Waals surface area (Å²) in [5.41, 5.74) is 0.681. The predicted molar refractivity (Wildman–Crippen MR) is 82.8 cm³/mol. The molecule has 5 heteroatoms. The van der Waals surface area contributed by atoms with Crippen LogP contribution in [0.2, 0.25) is 0 Å². The molecule has 1 aliphatic carbocycles. The van der Waals surface area contributed by atoms with Gasteiger partial charge in [0.2, 0.25) is 5.91 Å². The molecule has 1 aromatic rings. The van der Waals surface area contributed by atoms with Crippen molar-refractivity contribution in [3.05, 3.63) is 35.4 Å². The molecule has 2 rings (SSSR count). The van der Waals surface area contributed by atoms with Gasteiger partial charge in [-0.2, -0.15) is 5.26 Å². The number of nitriles is 1. The van der Waals surface area contributed by atoms with Crippen molar-refractivity contribution in [1.29, 1.82) is 5.26 Å². The summed E-state index contributed by atoms with van der Waals surface area (Å²) in [6, 6.07) is 9.33. The van der Waals surface area contributed by atoms with Crippen LogP contribution in [0.15, 0.2) is 24.3 Å². The Bertz CT molecular complexity index is 593. The summed E-state index contributed by atoms with van der Waals surface area (Å²) in [6.07, 6.45) is 3.15. The third kappa shape index (κ3) is 3.28. The van der Waals surface area contributed by atoms with Gasteiger partial charge in [0.1, 0.15) is 5.41 Å². The van der Waals surface area contributed by atoms with Gasteiger partial charge in [-0.05, 0) is 30.5 Å². The summed E-state index contributed by atoms with van der Waals surface area (Å²) < 4.78 is 0. The second-order valence-electron chi connectivity index (χ2n) is 5.98. The SMILES string of the molecule is CN(C)C(=O)c1ccc(CNC(=O)C2(C#N)CCCC2)cc1. The number of carbonyl (C=O) groups excluding carboxylic acids is 2. The van der Waals surface area contributed by atoms with Gasteiger partial charge in [0.15, 0.2) is 0 Å². The van der Waals surface area contributed by atoms with Crippen LogP contribution in [0.3, 0.4) is 0 Å². The fourth-order valence-electron chi connectivity index (χ4n) is 2.74. The first-order chi connectivity index (χ1) is 10.5. The lowest BCUT2D eigenvalue weighted by Gasteiger charge is -2.19. The van der Waals surface area contributed by atoms with E-state index in [1.165, 1.54) is 4.90 Å². The molecule has 0 saturated heterocycles. The van der Waals surface area contributed by atoms with Gasteiger partial charge < -0.3 is 10.2 Å². The molecule has 0 aliphatic heterocycles. The molecule has 1 fully saturated rings. The molecule has 0 spiro atoms. The first kappa shape index (κ1) is 16.0. The molecule has 116 valence electrons. The molecule has 0 atom stereocenters. The number of amides is 2. The van der Waals surface area contributed by atoms with Crippen molar-refractivity contribution >= 4 is 11.8 Å². The maximum absolute atomic E-state index is 12.2. The van der Waals surface area contributed by atoms with Crippen LogP contribution >= 0.6 is 0 Å². The monoisotopic (exact) mass is 299 g/mol. The summed E-state index contributed by atoms with van der Waals surface area (Å²) in [5.74, 6) is -0.231. The molecule has 22 heavy (non-hydrogen) atoms. The number of hydrogen-bond acceptors (Lipinski definition) is 3. The van der Waals surface area contributed by atoms with E-state index in [0.29, 0.717) is 24.9 Å². The standard InChI is InChI=1S/C17H21N3O2/c1-20(2)15(21)14-7-5-13(6-8-14)11-19-16(22)17(12-18)9-3-4-10-17/h5-8H,3-4,9-11H2,1-2H3,(H,19,22). The first-order valence-corrected chi connectivity index (χ1v) is 7.49. The van der Waals surface area contributed by atoms with Crippen LogP contribution in [0.5, 0.6) is 0 Å². The zero-order valence-electron chi connectivity index (χ0n) is 13.1. The van der Waals surface area contributed by atoms with E-state index < -0.39 is 5.41 Å². The molecular formula is C17H21N3O2. The second kappa shape index (κ2) is 6.61. The fraction of sp³-hybridized carbons (Fsp3) is 0.471. The molecule has 2 amide bonds. The molecule has 0 unspecified atom stereocenters. The Labute approximate surface area is 130 Å². The van der Waals surface area contributed by atoms with Crippen LogP contribution < -0.4 is 5.32 Å². The van der Waals surface area contributed by atoms with Crippen LogP contribution in [0.25, 0.3) is 0 Å². The number of carbonyl (C=O) groups is 2. The van der Waals surface area contributed by atoms with Gasteiger partial charge in [0, 0.05) is 26.2 Å². The zero-order valence-corrected chi connectivity index (χ0v) is 13.1. The highest BCUT2D eigenvalue weighted by molar-refractivity contribution is 5.93. The van der Waals surface area contributed by atoms with E-state index in [-0.39, 0.29) is 11.8 Å². The quantitative estimate of drug-likeness (QED) is 0.925. The zero-order chi connectivity index (χ0) is 16.2. The van der Waals surface area contributed by atoms with E-state index in [0.717, 1.165) is 18.4 Å². The van der Waals surface area contributed by atoms with Crippen LogP contribution in [0.4, 0.5) is 0 Å². The van der Waals surface area contributed by atoms with Gasteiger partial charge in [-0.25, -0.2) is 0 Å².